The zero-order valence-corrected chi connectivity index (χ0v) is 10.2. The van der Waals surface area contributed by atoms with Crippen molar-refractivity contribution in [3.63, 3.8) is 0 Å². The first-order valence-electron chi connectivity index (χ1n) is 6.24. The zero-order valence-electron chi connectivity index (χ0n) is 10.2. The second-order valence-electron chi connectivity index (χ2n) is 4.32. The fourth-order valence-electron chi connectivity index (χ4n) is 2.16. The van der Waals surface area contributed by atoms with Crippen LogP contribution in [-0.2, 0) is 0 Å². The molecule has 1 saturated heterocycles. The molecule has 0 amide bonds. The van der Waals surface area contributed by atoms with Crippen molar-refractivity contribution in [2.75, 3.05) is 31.1 Å². The standard InChI is InChI=1S/C12H16N6/c1-2-5-11(6-3-1)18-12(14-15-16-18)17-9-4-7-13-8-10-17/h1-3,5-6,13H,4,7-10H2. The van der Waals surface area contributed by atoms with Crippen LogP contribution in [0, 0.1) is 0 Å². The molecule has 6 heteroatoms. The minimum atomic E-state index is 0.824. The molecular formula is C12H16N6. The summed E-state index contributed by atoms with van der Waals surface area (Å²) in [7, 11) is 0. The molecule has 0 bridgehead atoms. The fraction of sp³-hybridized carbons (Fsp3) is 0.417. The van der Waals surface area contributed by atoms with Crippen LogP contribution in [0.4, 0.5) is 5.95 Å². The normalized spacial score (nSPS) is 16.6. The number of anilines is 1. The van der Waals surface area contributed by atoms with Gasteiger partial charge in [0.25, 0.3) is 0 Å². The van der Waals surface area contributed by atoms with Gasteiger partial charge in [-0.05, 0) is 35.5 Å². The molecule has 1 fully saturated rings. The lowest BCUT2D eigenvalue weighted by Crippen LogP contribution is -2.30. The van der Waals surface area contributed by atoms with E-state index in [2.05, 4.69) is 25.7 Å². The maximum Gasteiger partial charge on any atom is 0.250 e. The minimum absolute atomic E-state index is 0.824. The number of hydrogen-bond donors (Lipinski definition) is 1. The first-order chi connectivity index (χ1) is 8.95. The lowest BCUT2D eigenvalue weighted by molar-refractivity contribution is 0.723. The Labute approximate surface area is 106 Å². The van der Waals surface area contributed by atoms with E-state index >= 15 is 0 Å². The van der Waals surface area contributed by atoms with Crippen molar-refractivity contribution in [2.45, 2.75) is 6.42 Å². The molecule has 1 aromatic heterocycles. The Kier molecular flexibility index (Phi) is 3.18. The van der Waals surface area contributed by atoms with Crippen molar-refractivity contribution < 1.29 is 0 Å². The van der Waals surface area contributed by atoms with Crippen molar-refractivity contribution in [2.24, 2.45) is 0 Å². The Morgan fingerprint density at radius 3 is 2.83 bits per heavy atom. The van der Waals surface area contributed by atoms with Gasteiger partial charge in [0.2, 0.25) is 5.95 Å². The molecule has 1 aliphatic heterocycles. The molecule has 1 aliphatic rings. The van der Waals surface area contributed by atoms with Gasteiger partial charge >= 0.3 is 0 Å². The second-order valence-corrected chi connectivity index (χ2v) is 4.32. The van der Waals surface area contributed by atoms with E-state index < -0.39 is 0 Å². The molecular weight excluding hydrogens is 228 g/mol. The van der Waals surface area contributed by atoms with Crippen LogP contribution in [0.3, 0.4) is 0 Å². The summed E-state index contributed by atoms with van der Waals surface area (Å²) in [6.07, 6.45) is 1.11. The van der Waals surface area contributed by atoms with Crippen molar-refractivity contribution in [3.8, 4) is 5.69 Å². The molecule has 18 heavy (non-hydrogen) atoms. The van der Waals surface area contributed by atoms with Gasteiger partial charge in [-0.3, -0.25) is 0 Å². The van der Waals surface area contributed by atoms with Gasteiger partial charge in [0.15, 0.2) is 0 Å². The predicted octanol–water partition coefficient (Wildman–Crippen LogP) is 0.462. The molecule has 1 N–H and O–H groups in total. The number of benzene rings is 1. The largest absolute Gasteiger partial charge is 0.338 e. The Morgan fingerprint density at radius 1 is 1.06 bits per heavy atom. The third-order valence-electron chi connectivity index (χ3n) is 3.08. The highest BCUT2D eigenvalue weighted by atomic mass is 15.6. The van der Waals surface area contributed by atoms with Crippen LogP contribution in [0.25, 0.3) is 5.69 Å². The quantitative estimate of drug-likeness (QED) is 0.831. The Balaban J connectivity index is 1.91. The van der Waals surface area contributed by atoms with Crippen LogP contribution in [0.2, 0.25) is 0 Å². The van der Waals surface area contributed by atoms with E-state index in [1.165, 1.54) is 0 Å². The van der Waals surface area contributed by atoms with E-state index in [-0.39, 0.29) is 0 Å². The molecule has 0 unspecified atom stereocenters. The number of para-hydroxylation sites is 1. The van der Waals surface area contributed by atoms with Crippen LogP contribution < -0.4 is 10.2 Å². The maximum absolute atomic E-state index is 4.16. The summed E-state index contributed by atoms with van der Waals surface area (Å²) in [5.41, 5.74) is 0.995. The number of hydrogen-bond acceptors (Lipinski definition) is 5. The van der Waals surface area contributed by atoms with Gasteiger partial charge in [0, 0.05) is 19.6 Å². The number of tetrazole rings is 1. The molecule has 1 aromatic carbocycles. The van der Waals surface area contributed by atoms with Gasteiger partial charge < -0.3 is 10.2 Å². The third kappa shape index (κ3) is 2.19. The molecule has 0 radical (unpaired) electrons. The van der Waals surface area contributed by atoms with E-state index in [9.17, 15) is 0 Å². The summed E-state index contributed by atoms with van der Waals surface area (Å²) in [6, 6.07) is 9.99. The molecule has 2 heterocycles. The van der Waals surface area contributed by atoms with E-state index in [1.807, 2.05) is 30.3 Å². The first-order valence-corrected chi connectivity index (χ1v) is 6.24. The highest BCUT2D eigenvalue weighted by molar-refractivity contribution is 5.40. The van der Waals surface area contributed by atoms with Gasteiger partial charge in [-0.1, -0.05) is 23.3 Å². The van der Waals surface area contributed by atoms with Gasteiger partial charge in [0.1, 0.15) is 0 Å². The van der Waals surface area contributed by atoms with Crippen molar-refractivity contribution in [1.29, 1.82) is 0 Å². The predicted molar refractivity (Wildman–Crippen MR) is 68.9 cm³/mol. The average molecular weight is 244 g/mol. The van der Waals surface area contributed by atoms with E-state index in [0.29, 0.717) is 0 Å². The molecule has 6 nitrogen and oxygen atoms in total. The smallest absolute Gasteiger partial charge is 0.250 e. The van der Waals surface area contributed by atoms with Crippen molar-refractivity contribution >= 4 is 5.95 Å². The van der Waals surface area contributed by atoms with Gasteiger partial charge in [-0.25, -0.2) is 0 Å². The Bertz CT molecular complexity index is 486. The van der Waals surface area contributed by atoms with Gasteiger partial charge in [-0.15, -0.1) is 0 Å². The lowest BCUT2D eigenvalue weighted by Gasteiger charge is -2.20. The molecule has 2 aromatic rings. The highest BCUT2D eigenvalue weighted by Crippen LogP contribution is 2.15. The number of nitrogens with one attached hydrogen (secondary N) is 1. The number of nitrogens with zero attached hydrogens (tertiary/aromatic N) is 5. The second kappa shape index (κ2) is 5.14. The van der Waals surface area contributed by atoms with Gasteiger partial charge in [0.05, 0.1) is 5.69 Å². The summed E-state index contributed by atoms with van der Waals surface area (Å²) >= 11 is 0. The minimum Gasteiger partial charge on any atom is -0.338 e. The van der Waals surface area contributed by atoms with Gasteiger partial charge in [-0.2, -0.15) is 4.68 Å². The number of aromatic nitrogens is 4. The molecule has 0 saturated carbocycles. The third-order valence-corrected chi connectivity index (χ3v) is 3.08. The monoisotopic (exact) mass is 244 g/mol. The van der Waals surface area contributed by atoms with Crippen molar-refractivity contribution in [1.82, 2.24) is 25.5 Å². The summed E-state index contributed by atoms with van der Waals surface area (Å²) in [5.74, 6) is 0.824. The van der Waals surface area contributed by atoms with Crippen LogP contribution >= 0.6 is 0 Å². The molecule has 0 spiro atoms. The van der Waals surface area contributed by atoms with Crippen LogP contribution in [0.1, 0.15) is 6.42 Å². The summed E-state index contributed by atoms with van der Waals surface area (Å²) < 4.78 is 1.80. The molecule has 94 valence electrons. The van der Waals surface area contributed by atoms with Crippen LogP contribution in [-0.4, -0.2) is 46.4 Å². The van der Waals surface area contributed by atoms with Crippen molar-refractivity contribution in [3.05, 3.63) is 30.3 Å². The highest BCUT2D eigenvalue weighted by Gasteiger charge is 2.17. The summed E-state index contributed by atoms with van der Waals surface area (Å²) in [6.45, 7) is 3.96. The Hall–Kier alpha value is -1.95. The summed E-state index contributed by atoms with van der Waals surface area (Å²) in [5, 5.41) is 15.4. The summed E-state index contributed by atoms with van der Waals surface area (Å²) in [4.78, 5) is 2.23. The molecule has 0 atom stereocenters. The van der Waals surface area contributed by atoms with Crippen LogP contribution in [0.5, 0.6) is 0 Å². The molecule has 0 aliphatic carbocycles. The fourth-order valence-corrected chi connectivity index (χ4v) is 2.16. The van der Waals surface area contributed by atoms with E-state index in [0.717, 1.165) is 44.2 Å². The van der Waals surface area contributed by atoms with E-state index in [4.69, 9.17) is 0 Å². The Morgan fingerprint density at radius 2 is 1.94 bits per heavy atom. The van der Waals surface area contributed by atoms with Crippen LogP contribution in [0.15, 0.2) is 30.3 Å². The maximum atomic E-state index is 4.16. The number of rotatable bonds is 2. The first kappa shape index (κ1) is 11.2. The topological polar surface area (TPSA) is 58.9 Å². The van der Waals surface area contributed by atoms with E-state index in [1.54, 1.807) is 4.68 Å². The molecule has 3 rings (SSSR count). The average Bonchev–Trinajstić information content (AvgIpc) is 2.75. The SMILES string of the molecule is c1ccc(-n2nnnc2N2CCCNCC2)cc1. The zero-order chi connectivity index (χ0) is 12.2. The lowest BCUT2D eigenvalue weighted by atomic mass is 10.3.